The SMILES string of the molecule is CC(C)c1ncc(N2CCC2C)c2cnc(Nc3ccnc(N4CC[C@](C)(O)C(F)C4)n3)cc12.CCSC. The molecular weight excluding hydrogens is 501 g/mol. The second-order valence-electron chi connectivity index (χ2n) is 10.6. The second kappa shape index (κ2) is 12.0. The smallest absolute Gasteiger partial charge is 0.227 e. The highest BCUT2D eigenvalue weighted by molar-refractivity contribution is 7.98. The number of nitrogens with zero attached hydrogens (tertiary/aromatic N) is 6. The first-order valence-corrected chi connectivity index (χ1v) is 14.8. The summed E-state index contributed by atoms with van der Waals surface area (Å²) in [6.07, 6.45) is 7.80. The molecule has 0 amide bonds. The number of nitrogens with one attached hydrogen (secondary N) is 1. The average Bonchev–Trinajstić information content (AvgIpc) is 2.89. The molecule has 2 fully saturated rings. The molecular formula is C28H40FN7OS. The quantitative estimate of drug-likeness (QED) is 0.417. The van der Waals surface area contributed by atoms with Gasteiger partial charge in [0.05, 0.1) is 29.7 Å². The Balaban J connectivity index is 0.000000786. The average molecular weight is 542 g/mol. The molecule has 2 N–H and O–H groups in total. The van der Waals surface area contributed by atoms with Gasteiger partial charge in [-0.2, -0.15) is 16.7 Å². The molecule has 5 heterocycles. The normalized spacial score (nSPS) is 23.2. The number of alkyl halides is 1. The van der Waals surface area contributed by atoms with Crippen molar-refractivity contribution in [1.29, 1.82) is 0 Å². The van der Waals surface area contributed by atoms with Gasteiger partial charge in [0.15, 0.2) is 0 Å². The number of pyridine rings is 2. The van der Waals surface area contributed by atoms with Crippen LogP contribution in [0.3, 0.4) is 0 Å². The van der Waals surface area contributed by atoms with Crippen LogP contribution >= 0.6 is 11.8 Å². The van der Waals surface area contributed by atoms with E-state index in [0.717, 1.165) is 28.7 Å². The Morgan fingerprint density at radius 3 is 2.55 bits per heavy atom. The van der Waals surface area contributed by atoms with Gasteiger partial charge in [-0.1, -0.05) is 20.8 Å². The number of fused-ring (bicyclic) bond motifs is 1. The van der Waals surface area contributed by atoms with Crippen molar-refractivity contribution in [3.8, 4) is 0 Å². The summed E-state index contributed by atoms with van der Waals surface area (Å²) in [6, 6.07) is 4.31. The molecule has 3 aromatic rings. The molecule has 8 nitrogen and oxygen atoms in total. The van der Waals surface area contributed by atoms with E-state index in [1.54, 1.807) is 17.2 Å². The Kier molecular flexibility index (Phi) is 8.92. The van der Waals surface area contributed by atoms with Crippen LogP contribution in [-0.4, -0.2) is 74.5 Å². The first-order valence-electron chi connectivity index (χ1n) is 13.4. The fourth-order valence-corrected chi connectivity index (χ4v) is 4.66. The summed E-state index contributed by atoms with van der Waals surface area (Å²) in [7, 11) is 0. The number of anilines is 4. The van der Waals surface area contributed by atoms with Gasteiger partial charge in [-0.15, -0.1) is 0 Å². The van der Waals surface area contributed by atoms with Crippen molar-refractivity contribution in [3.05, 3.63) is 36.4 Å². The minimum absolute atomic E-state index is 0.0613. The van der Waals surface area contributed by atoms with E-state index in [1.165, 1.54) is 19.1 Å². The predicted molar refractivity (Wildman–Crippen MR) is 157 cm³/mol. The lowest BCUT2D eigenvalue weighted by molar-refractivity contribution is -0.0332. The summed E-state index contributed by atoms with van der Waals surface area (Å²) in [6.45, 7) is 11.8. The number of halogens is 1. The van der Waals surface area contributed by atoms with Gasteiger partial charge in [-0.3, -0.25) is 4.98 Å². The number of hydrogen-bond donors (Lipinski definition) is 2. The van der Waals surface area contributed by atoms with Gasteiger partial charge < -0.3 is 20.2 Å². The Morgan fingerprint density at radius 2 is 1.95 bits per heavy atom. The molecule has 0 radical (unpaired) electrons. The lowest BCUT2D eigenvalue weighted by Gasteiger charge is -2.41. The van der Waals surface area contributed by atoms with Crippen LogP contribution in [0.2, 0.25) is 0 Å². The van der Waals surface area contributed by atoms with Gasteiger partial charge in [0, 0.05) is 42.3 Å². The van der Waals surface area contributed by atoms with Crippen molar-refractivity contribution in [2.75, 3.05) is 46.8 Å². The van der Waals surface area contributed by atoms with Crippen molar-refractivity contribution in [2.24, 2.45) is 0 Å². The first kappa shape index (κ1) is 28.3. The highest BCUT2D eigenvalue weighted by Crippen LogP contribution is 2.36. The second-order valence-corrected chi connectivity index (χ2v) is 11.7. The van der Waals surface area contributed by atoms with E-state index >= 15 is 0 Å². The van der Waals surface area contributed by atoms with Gasteiger partial charge in [0.25, 0.3) is 0 Å². The van der Waals surface area contributed by atoms with E-state index in [0.29, 0.717) is 36.6 Å². The molecule has 3 aromatic heterocycles. The largest absolute Gasteiger partial charge is 0.387 e. The molecule has 206 valence electrons. The molecule has 10 heteroatoms. The number of piperidine rings is 1. The molecule has 0 bridgehead atoms. The van der Waals surface area contributed by atoms with E-state index < -0.39 is 11.8 Å². The number of rotatable bonds is 6. The van der Waals surface area contributed by atoms with Gasteiger partial charge in [-0.05, 0) is 56.7 Å². The molecule has 3 atom stereocenters. The van der Waals surface area contributed by atoms with Crippen LogP contribution in [0.5, 0.6) is 0 Å². The zero-order chi connectivity index (χ0) is 27.4. The van der Waals surface area contributed by atoms with Crippen molar-refractivity contribution in [3.63, 3.8) is 0 Å². The van der Waals surface area contributed by atoms with Gasteiger partial charge >= 0.3 is 0 Å². The number of thioether (sulfide) groups is 1. The molecule has 38 heavy (non-hydrogen) atoms. The molecule has 2 unspecified atom stereocenters. The molecule has 0 spiro atoms. The van der Waals surface area contributed by atoms with Crippen molar-refractivity contribution in [2.45, 2.75) is 71.2 Å². The first-order chi connectivity index (χ1) is 18.1. The molecule has 5 rings (SSSR count). The zero-order valence-corrected chi connectivity index (χ0v) is 24.1. The molecule has 2 aliphatic rings. The number of aliphatic hydroxyl groups is 1. The predicted octanol–water partition coefficient (Wildman–Crippen LogP) is 5.55. The minimum atomic E-state index is -1.35. The van der Waals surface area contributed by atoms with Crippen LogP contribution < -0.4 is 15.1 Å². The Morgan fingerprint density at radius 1 is 1.18 bits per heavy atom. The summed E-state index contributed by atoms with van der Waals surface area (Å²) in [4.78, 5) is 22.5. The zero-order valence-electron chi connectivity index (χ0n) is 23.3. The van der Waals surface area contributed by atoms with Crippen LogP contribution in [0.1, 0.15) is 59.1 Å². The van der Waals surface area contributed by atoms with E-state index in [1.807, 2.05) is 30.2 Å². The lowest BCUT2D eigenvalue weighted by Crippen LogP contribution is -2.52. The monoisotopic (exact) mass is 541 g/mol. The maximum absolute atomic E-state index is 14.4. The van der Waals surface area contributed by atoms with Crippen LogP contribution in [0, 0.1) is 0 Å². The molecule has 2 saturated heterocycles. The van der Waals surface area contributed by atoms with Crippen LogP contribution in [-0.2, 0) is 0 Å². The van der Waals surface area contributed by atoms with Crippen molar-refractivity contribution >= 4 is 45.8 Å². The van der Waals surface area contributed by atoms with E-state index in [4.69, 9.17) is 4.98 Å². The lowest BCUT2D eigenvalue weighted by atomic mass is 9.92. The van der Waals surface area contributed by atoms with Crippen LogP contribution in [0.4, 0.5) is 27.7 Å². The third-order valence-electron chi connectivity index (χ3n) is 7.37. The van der Waals surface area contributed by atoms with Crippen LogP contribution in [0.25, 0.3) is 10.8 Å². The molecule has 0 aliphatic carbocycles. The number of aromatic nitrogens is 4. The fourth-order valence-electron chi connectivity index (χ4n) is 4.66. The van der Waals surface area contributed by atoms with Gasteiger partial charge in [0.2, 0.25) is 5.95 Å². The van der Waals surface area contributed by atoms with E-state index in [2.05, 4.69) is 59.1 Å². The summed E-state index contributed by atoms with van der Waals surface area (Å²) in [5.41, 5.74) is 0.856. The summed E-state index contributed by atoms with van der Waals surface area (Å²) < 4.78 is 14.4. The third kappa shape index (κ3) is 6.12. The van der Waals surface area contributed by atoms with Crippen molar-refractivity contribution in [1.82, 2.24) is 19.9 Å². The van der Waals surface area contributed by atoms with E-state index in [-0.39, 0.29) is 12.5 Å². The Bertz CT molecular complexity index is 1240. The molecule has 0 saturated carbocycles. The molecule has 2 aliphatic heterocycles. The minimum Gasteiger partial charge on any atom is -0.387 e. The standard InChI is InChI=1S/C25H32FN7O.C3H8S/c1-15(2)23-17-11-22(28-12-18(17)19(13-29-23)33-9-6-16(33)3)30-21-5-8-27-24(31-21)32-10-7-25(4,34)20(26)14-32;1-3-4-2/h5,8,11-13,15-16,20,34H,6-7,9-10,14H2,1-4H3,(H,27,28,30,31);3H2,1-2H3/t16?,20?,25-;/m0./s1. The highest BCUT2D eigenvalue weighted by Gasteiger charge is 2.38. The third-order valence-corrected chi connectivity index (χ3v) is 7.95. The fraction of sp³-hybridized carbons (Fsp3) is 0.571. The number of hydrogen-bond acceptors (Lipinski definition) is 9. The van der Waals surface area contributed by atoms with Crippen LogP contribution in [0.15, 0.2) is 30.7 Å². The summed E-state index contributed by atoms with van der Waals surface area (Å²) in [5.74, 6) is 3.19. The molecule has 0 aromatic carbocycles. The van der Waals surface area contributed by atoms with Gasteiger partial charge in [-0.25, -0.2) is 14.4 Å². The topological polar surface area (TPSA) is 90.3 Å². The van der Waals surface area contributed by atoms with E-state index in [9.17, 15) is 9.50 Å². The summed E-state index contributed by atoms with van der Waals surface area (Å²) >= 11 is 1.86. The maximum Gasteiger partial charge on any atom is 0.227 e. The van der Waals surface area contributed by atoms with Gasteiger partial charge in [0.1, 0.15) is 17.8 Å². The highest BCUT2D eigenvalue weighted by atomic mass is 32.2. The maximum atomic E-state index is 14.4. The van der Waals surface area contributed by atoms with Crippen molar-refractivity contribution < 1.29 is 9.50 Å². The summed E-state index contributed by atoms with van der Waals surface area (Å²) in [5, 5.41) is 15.6. The Hall–Kier alpha value is -2.72. The Labute approximate surface area is 229 Å².